The summed E-state index contributed by atoms with van der Waals surface area (Å²) in [6, 6.07) is 1.88. The van der Waals surface area contributed by atoms with E-state index in [2.05, 4.69) is 5.32 Å². The predicted molar refractivity (Wildman–Crippen MR) is 63.0 cm³/mol. The van der Waals surface area contributed by atoms with E-state index < -0.39 is 15.8 Å². The van der Waals surface area contributed by atoms with Crippen molar-refractivity contribution in [1.29, 1.82) is 5.26 Å². The quantitative estimate of drug-likeness (QED) is 0.878. The van der Waals surface area contributed by atoms with Crippen LogP contribution in [-0.2, 0) is 23.0 Å². The topological polar surface area (TPSA) is 82.0 Å². The summed E-state index contributed by atoms with van der Waals surface area (Å²) in [7, 11) is -4.73. The van der Waals surface area contributed by atoms with Gasteiger partial charge in [0, 0.05) is 11.4 Å². The monoisotopic (exact) mass is 293 g/mol. The van der Waals surface area contributed by atoms with Crippen LogP contribution in [0.2, 0.25) is 0 Å². The van der Waals surface area contributed by atoms with Gasteiger partial charge in [-0.3, -0.25) is 4.72 Å². The smallest absolute Gasteiger partial charge is 0.312 e. The van der Waals surface area contributed by atoms with E-state index in [1.807, 2.05) is 6.07 Å². The number of nitrogens with zero attached hydrogens (tertiary/aromatic N) is 1. The number of sulfonamides is 1. The molecular weight excluding hydrogens is 284 g/mol. The molecule has 1 aliphatic rings. The number of nitriles is 1. The van der Waals surface area contributed by atoms with Crippen LogP contribution in [0.25, 0.3) is 0 Å². The van der Waals surface area contributed by atoms with Gasteiger partial charge in [0.1, 0.15) is 11.1 Å². The predicted octanol–water partition coefficient (Wildman–Crippen LogP) is 1.23. The third-order valence-corrected chi connectivity index (χ3v) is 4.74. The number of alkyl halides is 2. The van der Waals surface area contributed by atoms with Gasteiger partial charge in [0.15, 0.2) is 0 Å². The molecular formula is C9H9F2N3O2S2. The highest BCUT2D eigenvalue weighted by Gasteiger charge is 2.28. The lowest BCUT2D eigenvalue weighted by atomic mass is 10.1. The molecule has 0 radical (unpaired) electrons. The molecule has 1 aromatic rings. The fourth-order valence-corrected chi connectivity index (χ4v) is 3.68. The van der Waals surface area contributed by atoms with Crippen molar-refractivity contribution in [3.63, 3.8) is 0 Å². The average molecular weight is 293 g/mol. The van der Waals surface area contributed by atoms with Crippen LogP contribution in [0, 0.1) is 11.3 Å². The van der Waals surface area contributed by atoms with Gasteiger partial charge in [0.2, 0.25) is 0 Å². The average Bonchev–Trinajstić information content (AvgIpc) is 2.64. The lowest BCUT2D eigenvalue weighted by Gasteiger charge is -2.11. The molecule has 0 unspecified atom stereocenters. The fourth-order valence-electron chi connectivity index (χ4n) is 1.70. The molecule has 2 N–H and O–H groups in total. The Morgan fingerprint density at radius 1 is 1.50 bits per heavy atom. The molecule has 0 spiro atoms. The maximum absolute atomic E-state index is 12.3. The maximum atomic E-state index is 12.3. The second kappa shape index (κ2) is 4.79. The summed E-state index contributed by atoms with van der Waals surface area (Å²) in [5.74, 6) is -3.51. The molecule has 1 aromatic heterocycles. The van der Waals surface area contributed by atoms with Gasteiger partial charge < -0.3 is 5.32 Å². The first-order valence-corrected chi connectivity index (χ1v) is 7.37. The van der Waals surface area contributed by atoms with Crippen molar-refractivity contribution in [2.24, 2.45) is 0 Å². The molecule has 5 nitrogen and oxygen atoms in total. The number of thiophene rings is 1. The van der Waals surface area contributed by atoms with Gasteiger partial charge in [0.05, 0.1) is 5.56 Å². The van der Waals surface area contributed by atoms with E-state index in [9.17, 15) is 17.2 Å². The minimum absolute atomic E-state index is 0.0218. The maximum Gasteiger partial charge on any atom is 0.355 e. The molecule has 0 amide bonds. The van der Waals surface area contributed by atoms with Crippen molar-refractivity contribution >= 4 is 26.4 Å². The number of hydrogen-bond acceptors (Lipinski definition) is 5. The molecule has 0 bridgehead atoms. The Labute approximate surface area is 106 Å². The first kappa shape index (κ1) is 13.2. The molecule has 0 aliphatic carbocycles. The minimum atomic E-state index is -4.73. The van der Waals surface area contributed by atoms with Crippen LogP contribution in [0.5, 0.6) is 0 Å². The van der Waals surface area contributed by atoms with Crippen LogP contribution in [0.4, 0.5) is 13.8 Å². The van der Waals surface area contributed by atoms with E-state index in [-0.39, 0.29) is 10.6 Å². The Morgan fingerprint density at radius 2 is 2.22 bits per heavy atom. The molecule has 0 atom stereocenters. The van der Waals surface area contributed by atoms with E-state index in [0.717, 1.165) is 21.8 Å². The SMILES string of the molecule is N#Cc1c(NS(=O)(=O)C(F)F)sc2c1CCNC2. The largest absolute Gasteiger partial charge is 0.355 e. The Balaban J connectivity index is 2.41. The first-order chi connectivity index (χ1) is 8.45. The second-order valence-electron chi connectivity index (χ2n) is 3.65. The summed E-state index contributed by atoms with van der Waals surface area (Å²) in [6.07, 6.45) is 0.588. The molecule has 0 saturated carbocycles. The van der Waals surface area contributed by atoms with Crippen molar-refractivity contribution < 1.29 is 17.2 Å². The summed E-state index contributed by atoms with van der Waals surface area (Å²) in [5, 5.41) is 12.1. The van der Waals surface area contributed by atoms with Crippen molar-refractivity contribution in [2.75, 3.05) is 11.3 Å². The second-order valence-corrected chi connectivity index (χ2v) is 6.41. The third kappa shape index (κ3) is 2.31. The van der Waals surface area contributed by atoms with E-state index in [1.54, 1.807) is 4.72 Å². The van der Waals surface area contributed by atoms with Crippen LogP contribution in [-0.4, -0.2) is 20.7 Å². The summed E-state index contributed by atoms with van der Waals surface area (Å²) >= 11 is 1.02. The number of fused-ring (bicyclic) bond motifs is 1. The van der Waals surface area contributed by atoms with Gasteiger partial charge in [-0.15, -0.1) is 11.3 Å². The normalized spacial score (nSPS) is 15.2. The van der Waals surface area contributed by atoms with Gasteiger partial charge >= 0.3 is 5.76 Å². The molecule has 18 heavy (non-hydrogen) atoms. The highest BCUT2D eigenvalue weighted by Crippen LogP contribution is 2.35. The Kier molecular flexibility index (Phi) is 3.52. The van der Waals surface area contributed by atoms with Crippen LogP contribution < -0.4 is 10.0 Å². The van der Waals surface area contributed by atoms with Crippen molar-refractivity contribution in [3.8, 4) is 6.07 Å². The molecule has 0 saturated heterocycles. The van der Waals surface area contributed by atoms with E-state index in [0.29, 0.717) is 19.5 Å². The molecule has 2 rings (SSSR count). The summed E-state index contributed by atoms with van der Waals surface area (Å²) in [6.45, 7) is 1.20. The zero-order valence-electron chi connectivity index (χ0n) is 9.03. The van der Waals surface area contributed by atoms with Crippen LogP contribution >= 0.6 is 11.3 Å². The van der Waals surface area contributed by atoms with Gasteiger partial charge in [-0.05, 0) is 18.5 Å². The van der Waals surface area contributed by atoms with Crippen LogP contribution in [0.3, 0.4) is 0 Å². The van der Waals surface area contributed by atoms with E-state index in [4.69, 9.17) is 5.26 Å². The van der Waals surface area contributed by atoms with Crippen molar-refractivity contribution in [2.45, 2.75) is 18.7 Å². The Hall–Kier alpha value is -1.24. The standard InChI is InChI=1S/C9H9F2N3O2S2/c10-9(11)18(15,16)14-8-6(3-12)5-1-2-13-4-7(5)17-8/h9,13-14H,1-2,4H2. The van der Waals surface area contributed by atoms with E-state index in [1.165, 1.54) is 0 Å². The molecule has 0 fully saturated rings. The van der Waals surface area contributed by atoms with Gasteiger partial charge in [-0.2, -0.15) is 14.0 Å². The number of halogens is 2. The Bertz CT molecular complexity index is 604. The number of rotatable bonds is 3. The van der Waals surface area contributed by atoms with Gasteiger partial charge in [-0.25, -0.2) is 8.42 Å². The first-order valence-electron chi connectivity index (χ1n) is 5.01. The van der Waals surface area contributed by atoms with Gasteiger partial charge in [0.25, 0.3) is 10.0 Å². The molecule has 2 heterocycles. The number of nitrogens with one attached hydrogen (secondary N) is 2. The highest BCUT2D eigenvalue weighted by atomic mass is 32.2. The van der Waals surface area contributed by atoms with Gasteiger partial charge in [-0.1, -0.05) is 0 Å². The minimum Gasteiger partial charge on any atom is -0.312 e. The molecule has 0 aromatic carbocycles. The fraction of sp³-hybridized carbons (Fsp3) is 0.444. The lowest BCUT2D eigenvalue weighted by Crippen LogP contribution is -2.22. The third-order valence-electron chi connectivity index (χ3n) is 2.51. The summed E-state index contributed by atoms with van der Waals surface area (Å²) < 4.78 is 48.5. The summed E-state index contributed by atoms with van der Waals surface area (Å²) in [5.41, 5.74) is 0.897. The summed E-state index contributed by atoms with van der Waals surface area (Å²) in [4.78, 5) is 0.810. The molecule has 98 valence electrons. The zero-order chi connectivity index (χ0) is 13.3. The van der Waals surface area contributed by atoms with Crippen LogP contribution in [0.15, 0.2) is 0 Å². The highest BCUT2D eigenvalue weighted by molar-refractivity contribution is 7.93. The van der Waals surface area contributed by atoms with E-state index >= 15 is 0 Å². The number of hydrogen-bond donors (Lipinski definition) is 2. The van der Waals surface area contributed by atoms with Crippen molar-refractivity contribution in [3.05, 3.63) is 16.0 Å². The lowest BCUT2D eigenvalue weighted by molar-refractivity contribution is 0.236. The van der Waals surface area contributed by atoms with Crippen molar-refractivity contribution in [1.82, 2.24) is 5.32 Å². The zero-order valence-corrected chi connectivity index (χ0v) is 10.7. The number of anilines is 1. The van der Waals surface area contributed by atoms with Crippen LogP contribution in [0.1, 0.15) is 16.0 Å². The molecule has 9 heteroatoms. The Morgan fingerprint density at radius 3 is 2.83 bits per heavy atom. The molecule has 1 aliphatic heterocycles.